The normalized spacial score (nSPS) is 14.5. The minimum absolute atomic E-state index is 0.229. The van der Waals surface area contributed by atoms with Crippen LogP contribution in [0.5, 0.6) is 11.5 Å². The standard InChI is InChI=1S/C29H28ClN5O3/c1-4-37-25-15-20(13-14-24(25)38-16-21-10-6-7-11-22(21)30)27-26(19(3)33-29-31-17-32-35(27)29)28(36)34-23-12-8-5-9-18(23)2/h5-15,17,27H,4,16H2,1-3H3,(H,34,36)(H,31,32,33). The first-order valence-corrected chi connectivity index (χ1v) is 12.7. The maximum Gasteiger partial charge on any atom is 0.255 e. The molecule has 4 aromatic rings. The Morgan fingerprint density at radius 1 is 1.05 bits per heavy atom. The Kier molecular flexibility index (Phi) is 7.33. The van der Waals surface area contributed by atoms with E-state index >= 15 is 0 Å². The van der Waals surface area contributed by atoms with E-state index in [2.05, 4.69) is 20.7 Å². The summed E-state index contributed by atoms with van der Waals surface area (Å²) in [5.41, 5.74) is 4.62. The third-order valence-electron chi connectivity index (χ3n) is 6.36. The Hall–Kier alpha value is -4.30. The zero-order valence-electron chi connectivity index (χ0n) is 21.4. The maximum absolute atomic E-state index is 13.7. The fourth-order valence-electron chi connectivity index (χ4n) is 4.45. The average Bonchev–Trinajstić information content (AvgIpc) is 3.37. The summed E-state index contributed by atoms with van der Waals surface area (Å²) >= 11 is 6.31. The van der Waals surface area contributed by atoms with Crippen molar-refractivity contribution in [2.75, 3.05) is 17.2 Å². The second-order valence-electron chi connectivity index (χ2n) is 8.88. The van der Waals surface area contributed by atoms with Crippen LogP contribution in [-0.4, -0.2) is 27.3 Å². The van der Waals surface area contributed by atoms with Gasteiger partial charge in [0.25, 0.3) is 5.91 Å². The molecule has 0 saturated heterocycles. The summed E-state index contributed by atoms with van der Waals surface area (Å²) in [6.07, 6.45) is 1.47. The number of aryl methyl sites for hydroxylation is 1. The topological polar surface area (TPSA) is 90.3 Å². The molecule has 0 bridgehead atoms. The van der Waals surface area contributed by atoms with Crippen molar-refractivity contribution in [3.05, 3.63) is 106 Å². The molecular formula is C29H28ClN5O3. The number of ether oxygens (including phenoxy) is 2. The molecule has 1 atom stereocenters. The lowest BCUT2D eigenvalue weighted by Gasteiger charge is -2.29. The molecule has 1 aromatic heterocycles. The van der Waals surface area contributed by atoms with Gasteiger partial charge in [-0.15, -0.1) is 0 Å². The van der Waals surface area contributed by atoms with Crippen LogP contribution < -0.4 is 20.1 Å². The van der Waals surface area contributed by atoms with Crippen molar-refractivity contribution < 1.29 is 14.3 Å². The quantitative estimate of drug-likeness (QED) is 0.285. The highest BCUT2D eigenvalue weighted by molar-refractivity contribution is 6.31. The zero-order chi connectivity index (χ0) is 26.6. The third kappa shape index (κ3) is 5.08. The predicted molar refractivity (Wildman–Crippen MR) is 148 cm³/mol. The van der Waals surface area contributed by atoms with Crippen LogP contribution in [-0.2, 0) is 11.4 Å². The molecule has 194 valence electrons. The number of hydrogen-bond acceptors (Lipinski definition) is 6. The first-order valence-electron chi connectivity index (χ1n) is 12.3. The number of hydrogen-bond donors (Lipinski definition) is 2. The molecule has 9 heteroatoms. The van der Waals surface area contributed by atoms with E-state index in [0.717, 1.165) is 22.4 Å². The van der Waals surface area contributed by atoms with Gasteiger partial charge >= 0.3 is 0 Å². The van der Waals surface area contributed by atoms with E-state index in [1.54, 1.807) is 4.68 Å². The Bertz CT molecular complexity index is 1510. The van der Waals surface area contributed by atoms with Gasteiger partial charge in [-0.05, 0) is 56.2 Å². The SMILES string of the molecule is CCOc1cc(C2C(C(=O)Nc3ccccc3C)=C(C)Nc3ncnn32)ccc1OCc1ccccc1Cl. The van der Waals surface area contributed by atoms with Gasteiger partial charge in [0.15, 0.2) is 11.5 Å². The van der Waals surface area contributed by atoms with Gasteiger partial charge in [0, 0.05) is 22.0 Å². The van der Waals surface area contributed by atoms with Gasteiger partial charge in [0.1, 0.15) is 19.0 Å². The number of amides is 1. The minimum atomic E-state index is -0.533. The van der Waals surface area contributed by atoms with Crippen LogP contribution in [0.3, 0.4) is 0 Å². The van der Waals surface area contributed by atoms with Gasteiger partial charge in [-0.2, -0.15) is 10.1 Å². The molecule has 1 aliphatic heterocycles. The van der Waals surface area contributed by atoms with Crippen LogP contribution in [0, 0.1) is 6.92 Å². The van der Waals surface area contributed by atoms with Crippen LogP contribution in [0.15, 0.2) is 84.3 Å². The first-order chi connectivity index (χ1) is 18.5. The van der Waals surface area contributed by atoms with Crippen molar-refractivity contribution in [3.8, 4) is 11.5 Å². The number of nitrogens with zero attached hydrogens (tertiary/aromatic N) is 3. The van der Waals surface area contributed by atoms with Crippen molar-refractivity contribution in [3.63, 3.8) is 0 Å². The summed E-state index contributed by atoms with van der Waals surface area (Å²) in [6.45, 7) is 6.47. The number of allylic oxidation sites excluding steroid dienone is 1. The van der Waals surface area contributed by atoms with Crippen LogP contribution in [0.2, 0.25) is 5.02 Å². The molecule has 2 N–H and O–H groups in total. The molecule has 0 fully saturated rings. The van der Waals surface area contributed by atoms with Crippen molar-refractivity contribution in [2.45, 2.75) is 33.4 Å². The number of fused-ring (bicyclic) bond motifs is 1. The Balaban J connectivity index is 1.50. The van der Waals surface area contributed by atoms with Crippen LogP contribution >= 0.6 is 11.6 Å². The van der Waals surface area contributed by atoms with E-state index < -0.39 is 6.04 Å². The van der Waals surface area contributed by atoms with Gasteiger partial charge in [-0.25, -0.2) is 4.68 Å². The summed E-state index contributed by atoms with van der Waals surface area (Å²) < 4.78 is 13.8. The number of aromatic nitrogens is 3. The largest absolute Gasteiger partial charge is 0.490 e. The molecule has 0 radical (unpaired) electrons. The molecule has 38 heavy (non-hydrogen) atoms. The molecule has 5 rings (SSSR count). The van der Waals surface area contributed by atoms with Crippen molar-refractivity contribution >= 4 is 29.1 Å². The molecular weight excluding hydrogens is 502 g/mol. The molecule has 0 aliphatic carbocycles. The Morgan fingerprint density at radius 3 is 2.63 bits per heavy atom. The number of nitrogens with one attached hydrogen (secondary N) is 2. The van der Waals surface area contributed by atoms with E-state index in [4.69, 9.17) is 21.1 Å². The summed E-state index contributed by atoms with van der Waals surface area (Å²) in [5.74, 6) is 1.47. The number of halogens is 1. The number of para-hydroxylation sites is 1. The second-order valence-corrected chi connectivity index (χ2v) is 9.29. The molecule has 2 heterocycles. The fourth-order valence-corrected chi connectivity index (χ4v) is 4.64. The Labute approximate surface area is 226 Å². The number of carbonyl (C=O) groups is 1. The van der Waals surface area contributed by atoms with Gasteiger partial charge < -0.3 is 20.1 Å². The van der Waals surface area contributed by atoms with Crippen LogP contribution in [0.4, 0.5) is 11.6 Å². The van der Waals surface area contributed by atoms with E-state index in [0.29, 0.717) is 47.0 Å². The van der Waals surface area contributed by atoms with E-state index in [9.17, 15) is 4.79 Å². The molecule has 1 amide bonds. The third-order valence-corrected chi connectivity index (χ3v) is 6.73. The monoisotopic (exact) mass is 529 g/mol. The second kappa shape index (κ2) is 11.0. The summed E-state index contributed by atoms with van der Waals surface area (Å²) in [4.78, 5) is 18.0. The summed E-state index contributed by atoms with van der Waals surface area (Å²) in [6, 6.07) is 20.3. The lowest BCUT2D eigenvalue weighted by atomic mass is 9.94. The molecule has 0 saturated carbocycles. The van der Waals surface area contributed by atoms with Gasteiger partial charge in [-0.1, -0.05) is 54.1 Å². The molecule has 3 aromatic carbocycles. The lowest BCUT2D eigenvalue weighted by Crippen LogP contribution is -2.31. The van der Waals surface area contributed by atoms with E-state index in [1.807, 2.05) is 87.5 Å². The molecule has 8 nitrogen and oxygen atoms in total. The van der Waals surface area contributed by atoms with Crippen molar-refractivity contribution in [1.82, 2.24) is 14.8 Å². The molecule has 1 unspecified atom stereocenters. The van der Waals surface area contributed by atoms with E-state index in [1.165, 1.54) is 6.33 Å². The summed E-state index contributed by atoms with van der Waals surface area (Å²) in [7, 11) is 0. The summed E-state index contributed by atoms with van der Waals surface area (Å²) in [5, 5.41) is 11.3. The highest BCUT2D eigenvalue weighted by Gasteiger charge is 2.34. The predicted octanol–water partition coefficient (Wildman–Crippen LogP) is 6.15. The van der Waals surface area contributed by atoms with Gasteiger partial charge in [0.05, 0.1) is 12.2 Å². The number of anilines is 2. The highest BCUT2D eigenvalue weighted by Crippen LogP contribution is 2.39. The first kappa shape index (κ1) is 25.4. The number of carbonyl (C=O) groups excluding carboxylic acids is 1. The van der Waals surface area contributed by atoms with E-state index in [-0.39, 0.29) is 5.91 Å². The highest BCUT2D eigenvalue weighted by atomic mass is 35.5. The smallest absolute Gasteiger partial charge is 0.255 e. The number of rotatable bonds is 8. The van der Waals surface area contributed by atoms with Gasteiger partial charge in [-0.3, -0.25) is 4.79 Å². The van der Waals surface area contributed by atoms with Gasteiger partial charge in [0.2, 0.25) is 5.95 Å². The van der Waals surface area contributed by atoms with Crippen molar-refractivity contribution in [1.29, 1.82) is 0 Å². The average molecular weight is 530 g/mol. The Morgan fingerprint density at radius 2 is 1.84 bits per heavy atom. The van der Waals surface area contributed by atoms with Crippen molar-refractivity contribution in [2.24, 2.45) is 0 Å². The maximum atomic E-state index is 13.7. The number of benzene rings is 3. The fraction of sp³-hybridized carbons (Fsp3) is 0.207. The van der Waals surface area contributed by atoms with Crippen LogP contribution in [0.25, 0.3) is 0 Å². The molecule has 0 spiro atoms. The lowest BCUT2D eigenvalue weighted by molar-refractivity contribution is -0.113. The minimum Gasteiger partial charge on any atom is -0.490 e. The van der Waals surface area contributed by atoms with Crippen LogP contribution in [0.1, 0.15) is 36.6 Å². The molecule has 1 aliphatic rings. The zero-order valence-corrected chi connectivity index (χ0v) is 22.1.